The molecule has 1 N–H and O–H groups in total. The van der Waals surface area contributed by atoms with Gasteiger partial charge >= 0.3 is 0 Å². The molecule has 0 radical (unpaired) electrons. The zero-order valence-electron chi connectivity index (χ0n) is 13.4. The number of hydrogen-bond acceptors (Lipinski definition) is 3. The molecule has 4 heteroatoms. The van der Waals surface area contributed by atoms with Crippen LogP contribution in [0.1, 0.15) is 18.9 Å². The summed E-state index contributed by atoms with van der Waals surface area (Å²) in [6, 6.07) is 14.9. The van der Waals surface area contributed by atoms with Crippen molar-refractivity contribution < 1.29 is 14.3 Å². The molecule has 0 saturated carbocycles. The Labute approximate surface area is 136 Å². The second-order valence-electron chi connectivity index (χ2n) is 4.94. The smallest absolute Gasteiger partial charge is 0.248 e. The summed E-state index contributed by atoms with van der Waals surface area (Å²) >= 11 is 0. The van der Waals surface area contributed by atoms with Gasteiger partial charge in [0.1, 0.15) is 11.5 Å². The Balaban J connectivity index is 2.00. The maximum atomic E-state index is 12.0. The van der Waals surface area contributed by atoms with Crippen LogP contribution in [0.2, 0.25) is 0 Å². The number of anilines is 1. The van der Waals surface area contributed by atoms with E-state index < -0.39 is 0 Å². The molecule has 1 amide bonds. The van der Waals surface area contributed by atoms with Crippen molar-refractivity contribution in [2.24, 2.45) is 0 Å². The van der Waals surface area contributed by atoms with E-state index in [0.29, 0.717) is 12.3 Å². The van der Waals surface area contributed by atoms with Crippen LogP contribution in [0.15, 0.2) is 54.6 Å². The molecule has 0 aromatic heterocycles. The van der Waals surface area contributed by atoms with Crippen molar-refractivity contribution in [3.8, 4) is 11.5 Å². The Bertz CT molecular complexity index is 680. The Morgan fingerprint density at radius 3 is 2.78 bits per heavy atom. The van der Waals surface area contributed by atoms with Gasteiger partial charge in [0, 0.05) is 23.4 Å². The Hall–Kier alpha value is -2.75. The van der Waals surface area contributed by atoms with Crippen LogP contribution >= 0.6 is 0 Å². The first-order chi connectivity index (χ1) is 11.2. The van der Waals surface area contributed by atoms with E-state index in [1.807, 2.05) is 55.5 Å². The average molecular weight is 311 g/mol. The lowest BCUT2D eigenvalue weighted by molar-refractivity contribution is -0.111. The third-order valence-corrected chi connectivity index (χ3v) is 3.13. The fourth-order valence-corrected chi connectivity index (χ4v) is 2.04. The highest BCUT2D eigenvalue weighted by Crippen LogP contribution is 2.20. The van der Waals surface area contributed by atoms with Gasteiger partial charge in [-0.25, -0.2) is 0 Å². The number of hydrogen-bond donors (Lipinski definition) is 1. The van der Waals surface area contributed by atoms with Crippen LogP contribution in [-0.4, -0.2) is 19.6 Å². The number of para-hydroxylation sites is 1. The van der Waals surface area contributed by atoms with Gasteiger partial charge in [-0.1, -0.05) is 31.2 Å². The summed E-state index contributed by atoms with van der Waals surface area (Å²) in [4.78, 5) is 12.0. The van der Waals surface area contributed by atoms with Crippen LogP contribution in [0.5, 0.6) is 11.5 Å². The standard InChI is InChI=1S/C19H21NO3/c1-3-13-23-17-9-6-8-16(14-17)20-19(21)12-11-15-7-4-5-10-18(15)22-2/h4-12,14H,3,13H2,1-2H3,(H,20,21)/b12-11+. The highest BCUT2D eigenvalue weighted by atomic mass is 16.5. The Morgan fingerprint density at radius 1 is 1.17 bits per heavy atom. The van der Waals surface area contributed by atoms with Crippen molar-refractivity contribution in [3.05, 3.63) is 60.2 Å². The summed E-state index contributed by atoms with van der Waals surface area (Å²) in [5.74, 6) is 1.27. The maximum Gasteiger partial charge on any atom is 0.248 e. The number of carbonyl (C=O) groups excluding carboxylic acids is 1. The molecule has 0 aliphatic heterocycles. The van der Waals surface area contributed by atoms with Crippen molar-refractivity contribution in [1.82, 2.24) is 0 Å². The molecule has 0 aliphatic carbocycles. The lowest BCUT2D eigenvalue weighted by atomic mass is 10.2. The second-order valence-corrected chi connectivity index (χ2v) is 4.94. The quantitative estimate of drug-likeness (QED) is 0.782. The van der Waals surface area contributed by atoms with E-state index in [2.05, 4.69) is 5.32 Å². The monoisotopic (exact) mass is 311 g/mol. The van der Waals surface area contributed by atoms with Gasteiger partial charge < -0.3 is 14.8 Å². The topological polar surface area (TPSA) is 47.6 Å². The molecular formula is C19H21NO3. The molecule has 2 rings (SSSR count). The summed E-state index contributed by atoms with van der Waals surface area (Å²) in [6.07, 6.45) is 4.15. The van der Waals surface area contributed by atoms with Crippen molar-refractivity contribution in [2.75, 3.05) is 19.0 Å². The fraction of sp³-hybridized carbons (Fsp3) is 0.211. The van der Waals surface area contributed by atoms with Crippen LogP contribution < -0.4 is 14.8 Å². The number of ether oxygens (including phenoxy) is 2. The summed E-state index contributed by atoms with van der Waals surface area (Å²) < 4.78 is 10.8. The third-order valence-electron chi connectivity index (χ3n) is 3.13. The number of nitrogens with one attached hydrogen (secondary N) is 1. The summed E-state index contributed by atoms with van der Waals surface area (Å²) in [5, 5.41) is 2.82. The first kappa shape index (κ1) is 16.6. The predicted molar refractivity (Wildman–Crippen MR) is 92.9 cm³/mol. The van der Waals surface area contributed by atoms with Gasteiger partial charge in [0.05, 0.1) is 13.7 Å². The Morgan fingerprint density at radius 2 is 2.00 bits per heavy atom. The minimum Gasteiger partial charge on any atom is -0.496 e. The highest BCUT2D eigenvalue weighted by molar-refractivity contribution is 6.02. The molecule has 0 saturated heterocycles. The minimum absolute atomic E-state index is 0.205. The van der Waals surface area contributed by atoms with E-state index in [9.17, 15) is 4.79 Å². The first-order valence-corrected chi connectivity index (χ1v) is 7.58. The Kier molecular flexibility index (Phi) is 6.24. The zero-order chi connectivity index (χ0) is 16.5. The molecule has 2 aromatic rings. The minimum atomic E-state index is -0.205. The van der Waals surface area contributed by atoms with Crippen LogP contribution in [0.25, 0.3) is 6.08 Å². The summed E-state index contributed by atoms with van der Waals surface area (Å²) in [6.45, 7) is 2.71. The highest BCUT2D eigenvalue weighted by Gasteiger charge is 2.02. The molecule has 0 spiro atoms. The summed E-state index contributed by atoms with van der Waals surface area (Å²) in [5.41, 5.74) is 1.55. The van der Waals surface area contributed by atoms with Gasteiger partial charge in [0.15, 0.2) is 0 Å². The van der Waals surface area contributed by atoms with Gasteiger partial charge in [-0.2, -0.15) is 0 Å². The average Bonchev–Trinajstić information content (AvgIpc) is 2.58. The van der Waals surface area contributed by atoms with Crippen LogP contribution in [-0.2, 0) is 4.79 Å². The van der Waals surface area contributed by atoms with Crippen LogP contribution in [0.4, 0.5) is 5.69 Å². The number of benzene rings is 2. The molecule has 0 atom stereocenters. The molecule has 0 bridgehead atoms. The predicted octanol–water partition coefficient (Wildman–Crippen LogP) is 4.14. The van der Waals surface area contributed by atoms with Gasteiger partial charge in [-0.3, -0.25) is 4.79 Å². The number of carbonyl (C=O) groups is 1. The number of amides is 1. The molecule has 2 aromatic carbocycles. The van der Waals surface area contributed by atoms with Crippen LogP contribution in [0, 0.1) is 0 Å². The molecule has 120 valence electrons. The fourth-order valence-electron chi connectivity index (χ4n) is 2.04. The van der Waals surface area contributed by atoms with Gasteiger partial charge in [0.25, 0.3) is 0 Å². The van der Waals surface area contributed by atoms with E-state index >= 15 is 0 Å². The van der Waals surface area contributed by atoms with E-state index in [1.165, 1.54) is 6.08 Å². The molecule has 0 unspecified atom stereocenters. The van der Waals surface area contributed by atoms with Crippen molar-refractivity contribution in [2.45, 2.75) is 13.3 Å². The van der Waals surface area contributed by atoms with E-state index in [4.69, 9.17) is 9.47 Å². The molecule has 23 heavy (non-hydrogen) atoms. The largest absolute Gasteiger partial charge is 0.496 e. The maximum absolute atomic E-state index is 12.0. The molecule has 0 fully saturated rings. The third kappa shape index (κ3) is 5.18. The first-order valence-electron chi connectivity index (χ1n) is 7.58. The molecule has 4 nitrogen and oxygen atoms in total. The second kappa shape index (κ2) is 8.63. The van der Waals surface area contributed by atoms with Crippen LogP contribution in [0.3, 0.4) is 0 Å². The van der Waals surface area contributed by atoms with Gasteiger partial charge in [-0.05, 0) is 30.7 Å². The lowest BCUT2D eigenvalue weighted by Crippen LogP contribution is -2.08. The van der Waals surface area contributed by atoms with E-state index in [1.54, 1.807) is 13.2 Å². The number of rotatable bonds is 7. The van der Waals surface area contributed by atoms with E-state index in [-0.39, 0.29) is 5.91 Å². The van der Waals surface area contributed by atoms with Gasteiger partial charge in [-0.15, -0.1) is 0 Å². The molecule has 0 heterocycles. The molecular weight excluding hydrogens is 290 g/mol. The van der Waals surface area contributed by atoms with E-state index in [0.717, 1.165) is 23.5 Å². The normalized spacial score (nSPS) is 10.5. The lowest BCUT2D eigenvalue weighted by Gasteiger charge is -2.07. The zero-order valence-corrected chi connectivity index (χ0v) is 13.4. The van der Waals surface area contributed by atoms with Crippen molar-refractivity contribution in [3.63, 3.8) is 0 Å². The number of methoxy groups -OCH3 is 1. The van der Waals surface area contributed by atoms with Crippen molar-refractivity contribution in [1.29, 1.82) is 0 Å². The molecule has 0 aliphatic rings. The van der Waals surface area contributed by atoms with Gasteiger partial charge in [0.2, 0.25) is 5.91 Å². The van der Waals surface area contributed by atoms with Crippen molar-refractivity contribution >= 4 is 17.7 Å². The SMILES string of the molecule is CCCOc1cccc(NC(=O)/C=C/c2ccccc2OC)c1. The summed E-state index contributed by atoms with van der Waals surface area (Å²) in [7, 11) is 1.61.